The molecule has 0 saturated heterocycles. The average Bonchev–Trinajstić information content (AvgIpc) is 2.66. The molecule has 2 rings (SSSR count). The van der Waals surface area contributed by atoms with E-state index in [2.05, 4.69) is 10.6 Å². The maximum atomic E-state index is 12.1. The van der Waals surface area contributed by atoms with Crippen molar-refractivity contribution in [1.29, 1.82) is 5.26 Å². The molecule has 0 aliphatic carbocycles. The molecule has 2 aromatic carbocycles. The Morgan fingerprint density at radius 2 is 1.85 bits per heavy atom. The minimum Gasteiger partial charge on any atom is -0.455 e. The topological polar surface area (TPSA) is 108 Å². The first-order chi connectivity index (χ1) is 13.0. The smallest absolute Gasteiger partial charge is 0.308 e. The molecule has 0 radical (unpaired) electrons. The van der Waals surface area contributed by atoms with Gasteiger partial charge in [-0.25, -0.2) is 0 Å². The van der Waals surface area contributed by atoms with Gasteiger partial charge in [0, 0.05) is 12.6 Å². The number of carbonyl (C=O) groups excluding carboxylic acids is 3. The standard InChI is InChI=1S/C20H19N3O4/c1-14(24)22-18(16-7-3-2-4-8-16)11-20(26)27-13-19(25)23-17-9-5-6-15(10-17)12-21/h2-10,18H,11,13H2,1H3,(H,22,24)(H,23,25)/t18-/m1/s1. The van der Waals surface area contributed by atoms with E-state index in [1.807, 2.05) is 12.1 Å². The molecule has 27 heavy (non-hydrogen) atoms. The number of nitriles is 1. The van der Waals surface area contributed by atoms with Crippen molar-refractivity contribution in [3.8, 4) is 6.07 Å². The molecule has 0 saturated carbocycles. The number of anilines is 1. The van der Waals surface area contributed by atoms with E-state index in [9.17, 15) is 14.4 Å². The Morgan fingerprint density at radius 3 is 2.52 bits per heavy atom. The van der Waals surface area contributed by atoms with Gasteiger partial charge in [-0.2, -0.15) is 5.26 Å². The van der Waals surface area contributed by atoms with E-state index in [0.717, 1.165) is 5.56 Å². The number of carbonyl (C=O) groups is 3. The highest BCUT2D eigenvalue weighted by molar-refractivity contribution is 5.93. The van der Waals surface area contributed by atoms with Gasteiger partial charge in [0.1, 0.15) is 0 Å². The first kappa shape index (κ1) is 19.7. The van der Waals surface area contributed by atoms with Crippen molar-refractivity contribution >= 4 is 23.5 Å². The highest BCUT2D eigenvalue weighted by Gasteiger charge is 2.18. The zero-order chi connectivity index (χ0) is 19.6. The van der Waals surface area contributed by atoms with E-state index in [1.54, 1.807) is 42.5 Å². The summed E-state index contributed by atoms with van der Waals surface area (Å²) in [5.74, 6) is -1.40. The number of amides is 2. The van der Waals surface area contributed by atoms with E-state index in [0.29, 0.717) is 11.3 Å². The number of hydrogen-bond acceptors (Lipinski definition) is 5. The Morgan fingerprint density at radius 1 is 1.11 bits per heavy atom. The summed E-state index contributed by atoms with van der Waals surface area (Å²) >= 11 is 0. The van der Waals surface area contributed by atoms with Crippen LogP contribution in [0, 0.1) is 11.3 Å². The van der Waals surface area contributed by atoms with Crippen LogP contribution in [-0.4, -0.2) is 24.4 Å². The quantitative estimate of drug-likeness (QED) is 0.732. The van der Waals surface area contributed by atoms with Crippen LogP contribution in [-0.2, 0) is 19.1 Å². The fourth-order valence-corrected chi connectivity index (χ4v) is 2.42. The van der Waals surface area contributed by atoms with Crippen molar-refractivity contribution in [3.63, 3.8) is 0 Å². The second kappa shape index (κ2) is 9.73. The predicted octanol–water partition coefficient (Wildman–Crippen LogP) is 2.31. The van der Waals surface area contributed by atoms with E-state index in [1.165, 1.54) is 13.0 Å². The van der Waals surface area contributed by atoms with E-state index in [-0.39, 0.29) is 12.3 Å². The summed E-state index contributed by atoms with van der Waals surface area (Å²) in [6.45, 7) is 0.904. The molecule has 0 fully saturated rings. The molecule has 2 N–H and O–H groups in total. The van der Waals surface area contributed by atoms with Gasteiger partial charge >= 0.3 is 5.97 Å². The van der Waals surface area contributed by atoms with Crippen molar-refractivity contribution in [2.75, 3.05) is 11.9 Å². The third kappa shape index (κ3) is 6.63. The molecule has 2 aromatic rings. The third-order valence-electron chi connectivity index (χ3n) is 3.59. The maximum Gasteiger partial charge on any atom is 0.308 e. The Bertz CT molecular complexity index is 859. The summed E-state index contributed by atoms with van der Waals surface area (Å²) in [7, 11) is 0. The Labute approximate surface area is 156 Å². The molecular formula is C20H19N3O4. The lowest BCUT2D eigenvalue weighted by molar-refractivity contribution is -0.148. The minimum atomic E-state index is -0.612. The van der Waals surface area contributed by atoms with Gasteiger partial charge in [0.05, 0.1) is 24.1 Å². The van der Waals surface area contributed by atoms with E-state index < -0.39 is 24.5 Å². The molecule has 7 nitrogen and oxygen atoms in total. The number of ether oxygens (including phenoxy) is 1. The van der Waals surface area contributed by atoms with Crippen molar-refractivity contribution in [2.45, 2.75) is 19.4 Å². The van der Waals surface area contributed by atoms with Crippen molar-refractivity contribution in [2.24, 2.45) is 0 Å². The zero-order valence-electron chi connectivity index (χ0n) is 14.8. The number of esters is 1. The van der Waals surface area contributed by atoms with Gasteiger partial charge in [-0.05, 0) is 23.8 Å². The van der Waals surface area contributed by atoms with Gasteiger partial charge in [0.15, 0.2) is 6.61 Å². The Balaban J connectivity index is 1.88. The van der Waals surface area contributed by atoms with Crippen LogP contribution in [0.1, 0.15) is 30.5 Å². The van der Waals surface area contributed by atoms with Crippen LogP contribution in [0.25, 0.3) is 0 Å². The fraction of sp³-hybridized carbons (Fsp3) is 0.200. The van der Waals surface area contributed by atoms with Gasteiger partial charge in [-0.1, -0.05) is 36.4 Å². The van der Waals surface area contributed by atoms with Gasteiger partial charge in [-0.3, -0.25) is 14.4 Å². The number of benzene rings is 2. The number of hydrogen-bond donors (Lipinski definition) is 2. The zero-order valence-corrected chi connectivity index (χ0v) is 14.8. The SMILES string of the molecule is CC(=O)N[C@H](CC(=O)OCC(=O)Nc1cccc(C#N)c1)c1ccccc1. The molecule has 2 amide bonds. The molecule has 0 aromatic heterocycles. The van der Waals surface area contributed by atoms with Crippen molar-refractivity contribution < 1.29 is 19.1 Å². The molecule has 1 atom stereocenters. The van der Waals surface area contributed by atoms with E-state index in [4.69, 9.17) is 10.00 Å². The molecule has 0 bridgehead atoms. The van der Waals surface area contributed by atoms with Gasteiger partial charge in [0.2, 0.25) is 5.91 Å². The lowest BCUT2D eigenvalue weighted by Crippen LogP contribution is -2.29. The van der Waals surface area contributed by atoms with Gasteiger partial charge in [0.25, 0.3) is 5.91 Å². The normalized spacial score (nSPS) is 11.0. The summed E-state index contributed by atoms with van der Waals surface area (Å²) < 4.78 is 5.00. The van der Waals surface area contributed by atoms with Gasteiger partial charge < -0.3 is 15.4 Å². The van der Waals surface area contributed by atoms with Crippen LogP contribution in [0.2, 0.25) is 0 Å². The van der Waals surface area contributed by atoms with Crippen LogP contribution < -0.4 is 10.6 Å². The largest absolute Gasteiger partial charge is 0.455 e. The number of nitrogens with one attached hydrogen (secondary N) is 2. The monoisotopic (exact) mass is 365 g/mol. The fourth-order valence-electron chi connectivity index (χ4n) is 2.42. The molecule has 0 heterocycles. The molecule has 0 unspecified atom stereocenters. The number of rotatable bonds is 7. The highest BCUT2D eigenvalue weighted by Crippen LogP contribution is 2.17. The molecule has 0 aliphatic rings. The molecule has 7 heteroatoms. The first-order valence-electron chi connectivity index (χ1n) is 8.25. The summed E-state index contributed by atoms with van der Waals surface area (Å²) in [5, 5.41) is 14.1. The summed E-state index contributed by atoms with van der Waals surface area (Å²) in [5.41, 5.74) is 1.61. The van der Waals surface area contributed by atoms with Crippen LogP contribution >= 0.6 is 0 Å². The van der Waals surface area contributed by atoms with Crippen LogP contribution in [0.5, 0.6) is 0 Å². The van der Waals surface area contributed by atoms with Crippen LogP contribution in [0.15, 0.2) is 54.6 Å². The lowest BCUT2D eigenvalue weighted by Gasteiger charge is -2.17. The molecule has 138 valence electrons. The first-order valence-corrected chi connectivity index (χ1v) is 8.25. The van der Waals surface area contributed by atoms with Gasteiger partial charge in [-0.15, -0.1) is 0 Å². The molecular weight excluding hydrogens is 346 g/mol. The van der Waals surface area contributed by atoms with Crippen molar-refractivity contribution in [3.05, 3.63) is 65.7 Å². The average molecular weight is 365 g/mol. The number of nitrogens with zero attached hydrogens (tertiary/aromatic N) is 1. The predicted molar refractivity (Wildman–Crippen MR) is 98.4 cm³/mol. The highest BCUT2D eigenvalue weighted by atomic mass is 16.5. The Kier molecular flexibility index (Phi) is 7.08. The second-order valence-electron chi connectivity index (χ2n) is 5.77. The summed E-state index contributed by atoms with van der Waals surface area (Å²) in [4.78, 5) is 35.4. The minimum absolute atomic E-state index is 0.0964. The van der Waals surface area contributed by atoms with Crippen molar-refractivity contribution in [1.82, 2.24) is 5.32 Å². The summed E-state index contributed by atoms with van der Waals surface area (Å²) in [6, 6.07) is 16.9. The lowest BCUT2D eigenvalue weighted by atomic mass is 10.0. The van der Waals surface area contributed by atoms with Crippen LogP contribution in [0.4, 0.5) is 5.69 Å². The maximum absolute atomic E-state index is 12.1. The second-order valence-corrected chi connectivity index (χ2v) is 5.77. The molecule has 0 aliphatic heterocycles. The van der Waals surface area contributed by atoms with Crippen LogP contribution in [0.3, 0.4) is 0 Å². The third-order valence-corrected chi connectivity index (χ3v) is 3.59. The Hall–Kier alpha value is -3.66. The molecule has 0 spiro atoms. The van der Waals surface area contributed by atoms with E-state index >= 15 is 0 Å². The summed E-state index contributed by atoms with van der Waals surface area (Å²) in [6.07, 6.45) is -0.0964.